The lowest BCUT2D eigenvalue weighted by atomic mass is 10.0. The monoisotopic (exact) mass is 855 g/mol. The fraction of sp³-hybridized carbons (Fsp3) is 0.184. The number of hydrogen-bond donors (Lipinski definition) is 1. The Bertz CT molecular complexity index is 2550. The number of hydrogen-bond acceptors (Lipinski definition) is 13. The van der Waals surface area contributed by atoms with Gasteiger partial charge in [0.2, 0.25) is 0 Å². The number of rotatable bonds is 17. The van der Waals surface area contributed by atoms with Gasteiger partial charge in [-0.3, -0.25) is 4.79 Å². The van der Waals surface area contributed by atoms with Crippen LogP contribution in [-0.4, -0.2) is 65.5 Å². The topological polar surface area (TPSA) is 163 Å². The van der Waals surface area contributed by atoms with Gasteiger partial charge in [-0.25, -0.2) is 14.4 Å². The molecule has 0 bridgehead atoms. The van der Waals surface area contributed by atoms with Crippen LogP contribution in [0.1, 0.15) is 60.8 Å². The summed E-state index contributed by atoms with van der Waals surface area (Å²) >= 11 is 0. The summed E-state index contributed by atoms with van der Waals surface area (Å²) < 4.78 is 49.5. The molecule has 6 aromatic carbocycles. The minimum Gasteiger partial charge on any atom is -0.496 e. The molecule has 324 valence electrons. The molecule has 6 rings (SSSR count). The highest BCUT2D eigenvalue weighted by molar-refractivity contribution is 6.04. The minimum atomic E-state index is -0.715. The zero-order valence-corrected chi connectivity index (χ0v) is 35.7. The zero-order valence-electron chi connectivity index (χ0n) is 35.7. The van der Waals surface area contributed by atoms with E-state index in [0.29, 0.717) is 47.3 Å². The van der Waals surface area contributed by atoms with Crippen LogP contribution in [0.3, 0.4) is 0 Å². The summed E-state index contributed by atoms with van der Waals surface area (Å²) in [7, 11) is 5.71. The second-order valence-electron chi connectivity index (χ2n) is 13.5. The summed E-state index contributed by atoms with van der Waals surface area (Å²) in [6, 6.07) is 31.1. The Balaban J connectivity index is 1.03. The van der Waals surface area contributed by atoms with Crippen molar-refractivity contribution in [3.8, 4) is 62.9 Å². The smallest absolute Gasteiger partial charge is 0.351 e. The van der Waals surface area contributed by atoms with Crippen LogP contribution in [0.2, 0.25) is 0 Å². The summed E-state index contributed by atoms with van der Waals surface area (Å²) in [5.74, 6) is 0.260. The van der Waals surface area contributed by atoms with E-state index in [1.54, 1.807) is 54.6 Å². The first-order valence-corrected chi connectivity index (χ1v) is 19.7. The van der Waals surface area contributed by atoms with Crippen LogP contribution in [0, 0.1) is 6.92 Å². The molecule has 0 radical (unpaired) electrons. The molecule has 14 nitrogen and oxygen atoms in total. The minimum absolute atomic E-state index is 0.0844. The van der Waals surface area contributed by atoms with E-state index in [4.69, 9.17) is 42.6 Å². The van der Waals surface area contributed by atoms with Crippen molar-refractivity contribution >= 4 is 29.5 Å². The number of benzene rings is 6. The number of amides is 1. The fourth-order valence-electron chi connectivity index (χ4n) is 6.38. The third-order valence-corrected chi connectivity index (χ3v) is 9.47. The van der Waals surface area contributed by atoms with E-state index < -0.39 is 17.9 Å². The average Bonchev–Trinajstić information content (AvgIpc) is 3.29. The molecule has 0 aliphatic heterocycles. The van der Waals surface area contributed by atoms with Gasteiger partial charge in [-0.1, -0.05) is 18.2 Å². The molecule has 0 fully saturated rings. The largest absolute Gasteiger partial charge is 0.496 e. The summed E-state index contributed by atoms with van der Waals surface area (Å²) in [4.78, 5) is 52.5. The summed E-state index contributed by atoms with van der Waals surface area (Å²) in [6.07, 6.45) is 0. The SMILES string of the molecule is CCOc1cc(OC)c(C(=O)Oc2ccc(C(=O)Nc3ccc(-c4ccc(OC(=O)c5ccc(OC(=O)c6c(OC)cc(OCC)cc6OC)cc5)c(C)c4)cc3)cc2)c(OC)c1. The van der Waals surface area contributed by atoms with Crippen molar-refractivity contribution < 1.29 is 61.8 Å². The number of anilines is 1. The van der Waals surface area contributed by atoms with Gasteiger partial charge in [0.25, 0.3) is 5.91 Å². The predicted molar refractivity (Wildman–Crippen MR) is 234 cm³/mol. The van der Waals surface area contributed by atoms with E-state index >= 15 is 0 Å². The molecular formula is C49H45NO13. The molecule has 0 spiro atoms. The Morgan fingerprint density at radius 2 is 0.873 bits per heavy atom. The van der Waals surface area contributed by atoms with E-state index in [1.165, 1.54) is 64.8 Å². The Kier molecular flexibility index (Phi) is 14.5. The lowest BCUT2D eigenvalue weighted by Gasteiger charge is -2.15. The van der Waals surface area contributed by atoms with Gasteiger partial charge < -0.3 is 47.9 Å². The molecule has 0 aliphatic carbocycles. The quantitative estimate of drug-likeness (QED) is 0.0682. The molecule has 0 unspecified atom stereocenters. The number of nitrogens with one attached hydrogen (secondary N) is 1. The molecule has 0 saturated heterocycles. The molecule has 1 amide bonds. The number of carbonyl (C=O) groups excluding carboxylic acids is 4. The number of carbonyl (C=O) groups is 4. The second-order valence-corrected chi connectivity index (χ2v) is 13.5. The predicted octanol–water partition coefficient (Wildman–Crippen LogP) is 9.40. The molecule has 14 heteroatoms. The second kappa shape index (κ2) is 20.5. The normalized spacial score (nSPS) is 10.5. The molecule has 63 heavy (non-hydrogen) atoms. The fourth-order valence-corrected chi connectivity index (χ4v) is 6.38. The van der Waals surface area contributed by atoms with Gasteiger partial charge in [-0.2, -0.15) is 0 Å². The van der Waals surface area contributed by atoms with Crippen LogP contribution in [0.4, 0.5) is 5.69 Å². The molecule has 1 N–H and O–H groups in total. The van der Waals surface area contributed by atoms with Crippen molar-refractivity contribution in [1.82, 2.24) is 0 Å². The first kappa shape index (κ1) is 44.5. The van der Waals surface area contributed by atoms with Crippen LogP contribution in [0.15, 0.2) is 115 Å². The van der Waals surface area contributed by atoms with Gasteiger partial charge >= 0.3 is 17.9 Å². The van der Waals surface area contributed by atoms with Crippen molar-refractivity contribution in [3.05, 3.63) is 143 Å². The first-order valence-electron chi connectivity index (χ1n) is 19.7. The molecule has 0 saturated carbocycles. The zero-order chi connectivity index (χ0) is 45.0. The number of methoxy groups -OCH3 is 4. The van der Waals surface area contributed by atoms with Crippen LogP contribution in [0.5, 0.6) is 51.7 Å². The van der Waals surface area contributed by atoms with Gasteiger partial charge in [-0.05, 0) is 110 Å². The summed E-state index contributed by atoms with van der Waals surface area (Å²) in [5, 5.41) is 2.87. The van der Waals surface area contributed by atoms with Gasteiger partial charge in [0.1, 0.15) is 62.9 Å². The Morgan fingerprint density at radius 1 is 0.444 bits per heavy atom. The van der Waals surface area contributed by atoms with Crippen LogP contribution in [-0.2, 0) is 0 Å². The molecule has 0 aromatic heterocycles. The Labute approximate surface area is 364 Å². The van der Waals surface area contributed by atoms with Crippen LogP contribution >= 0.6 is 0 Å². The van der Waals surface area contributed by atoms with Crippen molar-refractivity contribution in [2.45, 2.75) is 20.8 Å². The van der Waals surface area contributed by atoms with Crippen molar-refractivity contribution in [1.29, 1.82) is 0 Å². The lowest BCUT2D eigenvalue weighted by Crippen LogP contribution is -2.13. The van der Waals surface area contributed by atoms with E-state index in [0.717, 1.165) is 11.1 Å². The summed E-state index contributed by atoms with van der Waals surface area (Å²) in [6.45, 7) is 6.34. The van der Waals surface area contributed by atoms with Crippen molar-refractivity contribution in [2.75, 3.05) is 47.0 Å². The molecule has 0 atom stereocenters. The first-order chi connectivity index (χ1) is 30.5. The van der Waals surface area contributed by atoms with Crippen molar-refractivity contribution in [2.24, 2.45) is 0 Å². The average molecular weight is 856 g/mol. The third-order valence-electron chi connectivity index (χ3n) is 9.47. The maximum Gasteiger partial charge on any atom is 0.351 e. The molecule has 6 aromatic rings. The highest BCUT2D eigenvalue weighted by Gasteiger charge is 2.24. The van der Waals surface area contributed by atoms with Gasteiger partial charge in [-0.15, -0.1) is 0 Å². The molecular weight excluding hydrogens is 811 g/mol. The highest BCUT2D eigenvalue weighted by atomic mass is 16.6. The van der Waals surface area contributed by atoms with Crippen LogP contribution in [0.25, 0.3) is 11.1 Å². The lowest BCUT2D eigenvalue weighted by molar-refractivity contribution is 0.0716. The van der Waals surface area contributed by atoms with Crippen LogP contribution < -0.4 is 47.9 Å². The van der Waals surface area contributed by atoms with Gasteiger partial charge in [0.05, 0.1) is 47.2 Å². The van der Waals surface area contributed by atoms with E-state index in [2.05, 4.69) is 5.32 Å². The highest BCUT2D eigenvalue weighted by Crippen LogP contribution is 2.37. The van der Waals surface area contributed by atoms with E-state index in [-0.39, 0.29) is 57.1 Å². The standard InChI is InChI=1S/C49H45NO13/c1-8-59-37-25-40(55-4)44(41(26-37)56-5)48(53)61-35-19-12-31(13-20-35)46(51)50-34-17-10-30(11-18-34)33-16-23-39(29(3)24-33)63-47(52)32-14-21-36(22-15-32)62-49(54)45-42(57-6)27-38(60-9-2)28-43(45)58-7/h10-28H,8-9H2,1-7H3,(H,50,51). The molecule has 0 heterocycles. The van der Waals surface area contributed by atoms with E-state index in [1.807, 2.05) is 45.0 Å². The van der Waals surface area contributed by atoms with Crippen molar-refractivity contribution in [3.63, 3.8) is 0 Å². The van der Waals surface area contributed by atoms with Gasteiger partial charge in [0, 0.05) is 35.5 Å². The number of esters is 3. The maximum absolute atomic E-state index is 13.1. The Morgan fingerprint density at radius 3 is 1.29 bits per heavy atom. The number of aryl methyl sites for hydroxylation is 1. The molecule has 0 aliphatic rings. The van der Waals surface area contributed by atoms with Gasteiger partial charge in [0.15, 0.2) is 0 Å². The Hall–Kier alpha value is -8.00. The third kappa shape index (κ3) is 10.7. The maximum atomic E-state index is 13.1. The number of ether oxygens (including phenoxy) is 9. The van der Waals surface area contributed by atoms with E-state index in [9.17, 15) is 19.2 Å². The summed E-state index contributed by atoms with van der Waals surface area (Å²) in [5.41, 5.74) is 3.78.